The Labute approximate surface area is 138 Å². The third-order valence-electron chi connectivity index (χ3n) is 3.55. The largest absolute Gasteiger partial charge is 0.471 e. The summed E-state index contributed by atoms with van der Waals surface area (Å²) in [4.78, 5) is 16.3. The second-order valence-corrected chi connectivity index (χ2v) is 6.09. The summed E-state index contributed by atoms with van der Waals surface area (Å²) in [7, 11) is 0. The van der Waals surface area contributed by atoms with Crippen molar-refractivity contribution in [3.05, 3.63) is 58.5 Å². The molecule has 0 unspecified atom stereocenters. The average Bonchev–Trinajstić information content (AvgIpc) is 2.53. The molecule has 2 aromatic rings. The summed E-state index contributed by atoms with van der Waals surface area (Å²) in [6, 6.07) is 7.50. The summed E-state index contributed by atoms with van der Waals surface area (Å²) in [6.45, 7) is 3.66. The summed E-state index contributed by atoms with van der Waals surface area (Å²) in [5.74, 6) is 5.17. The average molecular weight is 320 g/mol. The first kappa shape index (κ1) is 15.7. The van der Waals surface area contributed by atoms with Gasteiger partial charge in [0.05, 0.1) is 29.2 Å². The summed E-state index contributed by atoms with van der Waals surface area (Å²) < 4.78 is 19.4. The Morgan fingerprint density at radius 1 is 1.25 bits per heavy atom. The number of hydrogen-bond acceptors (Lipinski definition) is 4. The number of rotatable bonds is 0. The SMILES string of the molecule is CC1(C)CC(=O)c2cc(C#Cc3cc(C#N)ccc3F)cnc2O1. The predicted octanol–water partition coefficient (Wildman–Crippen LogP) is 3.24. The molecule has 1 aromatic carbocycles. The summed E-state index contributed by atoms with van der Waals surface area (Å²) >= 11 is 0. The number of pyridine rings is 1. The molecule has 0 atom stereocenters. The van der Waals surface area contributed by atoms with E-state index < -0.39 is 11.4 Å². The zero-order valence-electron chi connectivity index (χ0n) is 13.2. The number of benzene rings is 1. The summed E-state index contributed by atoms with van der Waals surface area (Å²) in [5.41, 5.74) is 0.732. The van der Waals surface area contributed by atoms with Crippen LogP contribution in [0.4, 0.5) is 4.39 Å². The molecule has 1 aliphatic heterocycles. The Kier molecular flexibility index (Phi) is 3.79. The van der Waals surface area contributed by atoms with E-state index in [0.29, 0.717) is 22.6 Å². The van der Waals surface area contributed by atoms with E-state index >= 15 is 0 Å². The lowest BCUT2D eigenvalue weighted by Gasteiger charge is -2.30. The molecule has 0 aliphatic carbocycles. The zero-order valence-corrected chi connectivity index (χ0v) is 13.2. The number of ether oxygens (including phenoxy) is 1. The van der Waals surface area contributed by atoms with Gasteiger partial charge in [0.1, 0.15) is 11.4 Å². The number of aromatic nitrogens is 1. The maximum atomic E-state index is 13.7. The molecule has 4 nitrogen and oxygen atoms in total. The number of ketones is 1. The topological polar surface area (TPSA) is 63.0 Å². The van der Waals surface area contributed by atoms with Crippen LogP contribution in [-0.4, -0.2) is 16.4 Å². The Bertz CT molecular complexity index is 946. The van der Waals surface area contributed by atoms with Crippen LogP contribution in [0.15, 0.2) is 30.5 Å². The van der Waals surface area contributed by atoms with Crippen LogP contribution >= 0.6 is 0 Å². The quantitative estimate of drug-likeness (QED) is 0.699. The Morgan fingerprint density at radius 3 is 2.79 bits per heavy atom. The van der Waals surface area contributed by atoms with Gasteiger partial charge in [-0.1, -0.05) is 11.8 Å². The van der Waals surface area contributed by atoms with Gasteiger partial charge in [-0.3, -0.25) is 4.79 Å². The highest BCUT2D eigenvalue weighted by Gasteiger charge is 2.33. The Morgan fingerprint density at radius 2 is 2.04 bits per heavy atom. The molecule has 24 heavy (non-hydrogen) atoms. The molecule has 0 spiro atoms. The van der Waals surface area contributed by atoms with Crippen LogP contribution in [-0.2, 0) is 0 Å². The Balaban J connectivity index is 1.96. The fourth-order valence-electron chi connectivity index (χ4n) is 2.41. The highest BCUT2D eigenvalue weighted by Crippen LogP contribution is 2.31. The number of Topliss-reactive ketones (excluding diaryl/α,β-unsaturated/α-hetero) is 1. The van der Waals surface area contributed by atoms with Gasteiger partial charge in [0.2, 0.25) is 5.88 Å². The van der Waals surface area contributed by atoms with Crippen LogP contribution in [0.3, 0.4) is 0 Å². The minimum atomic E-state index is -0.578. The van der Waals surface area contributed by atoms with Crippen molar-refractivity contribution in [1.29, 1.82) is 5.26 Å². The molecule has 0 saturated heterocycles. The van der Waals surface area contributed by atoms with Crippen molar-refractivity contribution >= 4 is 5.78 Å². The molecular formula is C19H13FN2O2. The lowest BCUT2D eigenvalue weighted by Crippen LogP contribution is -2.36. The molecule has 0 radical (unpaired) electrons. The van der Waals surface area contributed by atoms with Crippen LogP contribution < -0.4 is 4.74 Å². The first-order valence-electron chi connectivity index (χ1n) is 7.32. The van der Waals surface area contributed by atoms with Crippen molar-refractivity contribution in [2.45, 2.75) is 25.9 Å². The van der Waals surface area contributed by atoms with Crippen LogP contribution in [0.5, 0.6) is 5.88 Å². The molecule has 0 amide bonds. The zero-order chi connectivity index (χ0) is 17.3. The smallest absolute Gasteiger partial charge is 0.224 e. The molecule has 0 fully saturated rings. The van der Waals surface area contributed by atoms with E-state index in [-0.39, 0.29) is 17.8 Å². The van der Waals surface area contributed by atoms with Crippen molar-refractivity contribution in [3.8, 4) is 23.8 Å². The van der Waals surface area contributed by atoms with E-state index in [4.69, 9.17) is 10.00 Å². The minimum absolute atomic E-state index is 0.0601. The van der Waals surface area contributed by atoms with E-state index in [9.17, 15) is 9.18 Å². The second-order valence-electron chi connectivity index (χ2n) is 6.09. The second kappa shape index (κ2) is 5.79. The first-order valence-corrected chi connectivity index (χ1v) is 7.32. The van der Waals surface area contributed by atoms with E-state index in [1.807, 2.05) is 19.9 Å². The van der Waals surface area contributed by atoms with Crippen molar-refractivity contribution in [2.24, 2.45) is 0 Å². The van der Waals surface area contributed by atoms with Gasteiger partial charge in [-0.15, -0.1) is 0 Å². The summed E-state index contributed by atoms with van der Waals surface area (Å²) in [6.07, 6.45) is 1.74. The molecule has 1 aliphatic rings. The molecule has 0 bridgehead atoms. The third-order valence-corrected chi connectivity index (χ3v) is 3.55. The standard InChI is InChI=1S/C19H13FN2O2/c1-19(2)9-17(23)15-8-13(11-22-18(15)24-19)3-5-14-7-12(10-21)4-6-16(14)20/h4,6-8,11H,9H2,1-2H3. The van der Waals surface area contributed by atoms with Gasteiger partial charge >= 0.3 is 0 Å². The maximum absolute atomic E-state index is 13.7. The van der Waals surface area contributed by atoms with Crippen LogP contribution in [0, 0.1) is 29.0 Å². The number of nitrogens with zero attached hydrogens (tertiary/aromatic N) is 2. The first-order chi connectivity index (χ1) is 11.4. The molecule has 2 heterocycles. The van der Waals surface area contributed by atoms with Crippen LogP contribution in [0.1, 0.15) is 47.3 Å². The number of nitriles is 1. The van der Waals surface area contributed by atoms with E-state index in [1.54, 1.807) is 6.07 Å². The van der Waals surface area contributed by atoms with Gasteiger partial charge in [0.25, 0.3) is 0 Å². The molecule has 0 saturated carbocycles. The van der Waals surface area contributed by atoms with Crippen LogP contribution in [0.25, 0.3) is 0 Å². The lowest BCUT2D eigenvalue weighted by atomic mass is 9.94. The minimum Gasteiger partial charge on any atom is -0.471 e. The maximum Gasteiger partial charge on any atom is 0.224 e. The van der Waals surface area contributed by atoms with Gasteiger partial charge in [-0.25, -0.2) is 9.37 Å². The van der Waals surface area contributed by atoms with Gasteiger partial charge in [0, 0.05) is 11.8 Å². The van der Waals surface area contributed by atoms with Crippen molar-refractivity contribution in [1.82, 2.24) is 4.98 Å². The fraction of sp³-hybridized carbons (Fsp3) is 0.211. The molecular weight excluding hydrogens is 307 g/mol. The molecule has 1 aromatic heterocycles. The monoisotopic (exact) mass is 320 g/mol. The van der Waals surface area contributed by atoms with Crippen molar-refractivity contribution < 1.29 is 13.9 Å². The third kappa shape index (κ3) is 3.11. The predicted molar refractivity (Wildman–Crippen MR) is 85.0 cm³/mol. The van der Waals surface area contributed by atoms with Crippen molar-refractivity contribution in [2.75, 3.05) is 0 Å². The van der Waals surface area contributed by atoms with Gasteiger partial charge in [0.15, 0.2) is 5.78 Å². The molecule has 3 rings (SSSR count). The number of carbonyl (C=O) groups is 1. The van der Waals surface area contributed by atoms with E-state index in [0.717, 1.165) is 0 Å². The van der Waals surface area contributed by atoms with E-state index in [2.05, 4.69) is 16.8 Å². The van der Waals surface area contributed by atoms with Crippen molar-refractivity contribution in [3.63, 3.8) is 0 Å². The number of fused-ring (bicyclic) bond motifs is 1. The highest BCUT2D eigenvalue weighted by atomic mass is 19.1. The number of hydrogen-bond donors (Lipinski definition) is 0. The van der Waals surface area contributed by atoms with E-state index in [1.165, 1.54) is 24.4 Å². The summed E-state index contributed by atoms with van der Waals surface area (Å²) in [5, 5.41) is 8.86. The lowest BCUT2D eigenvalue weighted by molar-refractivity contribution is 0.0590. The fourth-order valence-corrected chi connectivity index (χ4v) is 2.41. The Hall–Kier alpha value is -3.18. The van der Waals surface area contributed by atoms with Gasteiger partial charge in [-0.2, -0.15) is 5.26 Å². The number of carbonyl (C=O) groups excluding carboxylic acids is 1. The molecule has 0 N–H and O–H groups in total. The van der Waals surface area contributed by atoms with Crippen LogP contribution in [0.2, 0.25) is 0 Å². The molecule has 118 valence electrons. The normalized spacial score (nSPS) is 14.7. The molecule has 5 heteroatoms. The van der Waals surface area contributed by atoms with Gasteiger partial charge < -0.3 is 4.74 Å². The highest BCUT2D eigenvalue weighted by molar-refractivity contribution is 6.00. The number of halogens is 1. The van der Waals surface area contributed by atoms with Gasteiger partial charge in [-0.05, 0) is 38.1 Å².